The molecule has 1 heterocycles. The van der Waals surface area contributed by atoms with Crippen molar-refractivity contribution in [2.24, 2.45) is 0 Å². The maximum Gasteiger partial charge on any atom is 0.259 e. The first-order chi connectivity index (χ1) is 11.0. The third-order valence-electron chi connectivity index (χ3n) is 3.77. The maximum atomic E-state index is 12.4. The fourth-order valence-electron chi connectivity index (χ4n) is 2.24. The van der Waals surface area contributed by atoms with Crippen molar-refractivity contribution < 1.29 is 9.59 Å². The number of nitrogens with zero attached hydrogens (tertiary/aromatic N) is 2. The normalized spacial score (nSPS) is 13.5. The predicted molar refractivity (Wildman–Crippen MR) is 87.8 cm³/mol. The summed E-state index contributed by atoms with van der Waals surface area (Å²) in [7, 11) is 0. The number of carbonyl (C=O) groups excluding carboxylic acids is 2. The van der Waals surface area contributed by atoms with E-state index in [1.807, 2.05) is 0 Å². The smallest absolute Gasteiger partial charge is 0.259 e. The van der Waals surface area contributed by atoms with Crippen LogP contribution in [0.3, 0.4) is 0 Å². The summed E-state index contributed by atoms with van der Waals surface area (Å²) < 4.78 is 0. The molecule has 0 atom stereocenters. The van der Waals surface area contributed by atoms with Crippen LogP contribution in [0.1, 0.15) is 46.2 Å². The zero-order valence-electron chi connectivity index (χ0n) is 13.1. The van der Waals surface area contributed by atoms with Crippen molar-refractivity contribution in [3.63, 3.8) is 0 Å². The highest BCUT2D eigenvalue weighted by Gasteiger charge is 2.23. The lowest BCUT2D eigenvalue weighted by Crippen LogP contribution is -2.16. The van der Waals surface area contributed by atoms with Crippen molar-refractivity contribution in [1.29, 1.82) is 0 Å². The summed E-state index contributed by atoms with van der Waals surface area (Å²) >= 11 is 0. The van der Waals surface area contributed by atoms with E-state index in [0.717, 1.165) is 18.5 Å². The minimum atomic E-state index is -0.266. The number of carbonyl (C=O) groups is 2. The molecule has 1 amide bonds. The Balaban J connectivity index is 1.87. The Labute approximate surface area is 134 Å². The van der Waals surface area contributed by atoms with Crippen molar-refractivity contribution in [2.45, 2.75) is 32.7 Å². The largest absolute Gasteiger partial charge is 0.381 e. The number of hydrogen-bond acceptors (Lipinski definition) is 5. The summed E-state index contributed by atoms with van der Waals surface area (Å²) in [5.41, 5.74) is 3.08. The van der Waals surface area contributed by atoms with E-state index in [-0.39, 0.29) is 11.7 Å². The Hall–Kier alpha value is -2.76. The van der Waals surface area contributed by atoms with Crippen LogP contribution in [0.4, 0.5) is 11.4 Å². The van der Waals surface area contributed by atoms with Gasteiger partial charge in [0.15, 0.2) is 5.78 Å². The first kappa shape index (κ1) is 15.1. The van der Waals surface area contributed by atoms with Crippen molar-refractivity contribution in [3.05, 3.63) is 47.5 Å². The molecule has 2 N–H and O–H groups in total. The van der Waals surface area contributed by atoms with Gasteiger partial charge in [-0.25, -0.2) is 9.97 Å². The number of aryl methyl sites for hydroxylation is 1. The average molecular weight is 310 g/mol. The first-order valence-electron chi connectivity index (χ1n) is 7.54. The van der Waals surface area contributed by atoms with E-state index in [1.54, 1.807) is 25.1 Å². The third kappa shape index (κ3) is 3.53. The number of hydrogen-bond donors (Lipinski definition) is 2. The molecule has 0 spiro atoms. The second kappa shape index (κ2) is 6.16. The molecule has 3 rings (SSSR count). The number of Topliss-reactive ketones (excluding diaryl/α,β-unsaturated/α-hetero) is 1. The lowest BCUT2D eigenvalue weighted by Gasteiger charge is -2.14. The van der Waals surface area contributed by atoms with Gasteiger partial charge in [0.1, 0.15) is 6.33 Å². The van der Waals surface area contributed by atoms with E-state index in [4.69, 9.17) is 0 Å². The van der Waals surface area contributed by atoms with Crippen molar-refractivity contribution in [1.82, 2.24) is 9.97 Å². The molecule has 6 nitrogen and oxygen atoms in total. The van der Waals surface area contributed by atoms with Crippen molar-refractivity contribution in [3.8, 4) is 0 Å². The molecule has 23 heavy (non-hydrogen) atoms. The van der Waals surface area contributed by atoms with Crippen LogP contribution in [0.25, 0.3) is 0 Å². The Morgan fingerprint density at radius 1 is 1.22 bits per heavy atom. The van der Waals surface area contributed by atoms with Gasteiger partial charge >= 0.3 is 0 Å². The summed E-state index contributed by atoms with van der Waals surface area (Å²) in [4.78, 5) is 31.9. The minimum Gasteiger partial charge on any atom is -0.381 e. The fraction of sp³-hybridized carbons (Fsp3) is 0.294. The second-order valence-electron chi connectivity index (χ2n) is 5.71. The standard InChI is InChI=1S/C17H18N4O2/c1-10-14(8-18-9-19-10)17(23)21-15-6-3-12(11(2)22)7-16(15)20-13-4-5-13/h3,6-9,13,20H,4-5H2,1-2H3,(H,21,23). The number of ketones is 1. The van der Waals surface area contributed by atoms with Crippen LogP contribution in [0, 0.1) is 6.92 Å². The molecule has 0 bridgehead atoms. The summed E-state index contributed by atoms with van der Waals surface area (Å²) in [6.07, 6.45) is 5.11. The molecule has 118 valence electrons. The molecule has 1 aromatic heterocycles. The predicted octanol–water partition coefficient (Wildman–Crippen LogP) is 2.81. The lowest BCUT2D eigenvalue weighted by molar-refractivity contribution is 0.101. The van der Waals surface area contributed by atoms with Gasteiger partial charge in [0.25, 0.3) is 5.91 Å². The van der Waals surface area contributed by atoms with Gasteiger partial charge in [0.2, 0.25) is 0 Å². The van der Waals surface area contributed by atoms with Crippen LogP contribution >= 0.6 is 0 Å². The Bertz CT molecular complexity index is 769. The average Bonchev–Trinajstić information content (AvgIpc) is 3.33. The minimum absolute atomic E-state index is 0.00553. The molecule has 1 fully saturated rings. The molecule has 1 aliphatic carbocycles. The van der Waals surface area contributed by atoms with E-state index in [9.17, 15) is 9.59 Å². The third-order valence-corrected chi connectivity index (χ3v) is 3.77. The van der Waals surface area contributed by atoms with Gasteiger partial charge in [-0.3, -0.25) is 9.59 Å². The van der Waals surface area contributed by atoms with Crippen LogP contribution in [0.15, 0.2) is 30.7 Å². The van der Waals surface area contributed by atoms with Crippen LogP contribution in [-0.4, -0.2) is 27.7 Å². The van der Waals surface area contributed by atoms with Gasteiger partial charge in [-0.05, 0) is 44.9 Å². The van der Waals surface area contributed by atoms with E-state index < -0.39 is 0 Å². The van der Waals surface area contributed by atoms with Gasteiger partial charge < -0.3 is 10.6 Å². The number of anilines is 2. The van der Waals surface area contributed by atoms with E-state index in [1.165, 1.54) is 19.4 Å². The van der Waals surface area contributed by atoms with Gasteiger partial charge in [-0.15, -0.1) is 0 Å². The van der Waals surface area contributed by atoms with Crippen molar-refractivity contribution in [2.75, 3.05) is 10.6 Å². The maximum absolute atomic E-state index is 12.4. The molecule has 0 aliphatic heterocycles. The van der Waals surface area contributed by atoms with E-state index in [0.29, 0.717) is 28.6 Å². The van der Waals surface area contributed by atoms with Gasteiger partial charge in [-0.1, -0.05) is 0 Å². The van der Waals surface area contributed by atoms with Gasteiger partial charge in [0, 0.05) is 17.8 Å². The zero-order chi connectivity index (χ0) is 16.4. The van der Waals surface area contributed by atoms with E-state index >= 15 is 0 Å². The number of amides is 1. The second-order valence-corrected chi connectivity index (χ2v) is 5.71. The summed E-state index contributed by atoms with van der Waals surface area (Å²) in [6.45, 7) is 3.29. The number of aromatic nitrogens is 2. The highest BCUT2D eigenvalue weighted by atomic mass is 16.1. The van der Waals surface area contributed by atoms with Crippen molar-refractivity contribution >= 4 is 23.1 Å². The Kier molecular flexibility index (Phi) is 4.06. The fourth-order valence-corrected chi connectivity index (χ4v) is 2.24. The molecule has 1 aromatic carbocycles. The summed E-state index contributed by atoms with van der Waals surface area (Å²) in [5.74, 6) is -0.272. The Morgan fingerprint density at radius 3 is 2.65 bits per heavy atom. The quantitative estimate of drug-likeness (QED) is 0.830. The zero-order valence-corrected chi connectivity index (χ0v) is 13.1. The number of nitrogens with one attached hydrogen (secondary N) is 2. The molecule has 1 saturated carbocycles. The van der Waals surface area contributed by atoms with Crippen LogP contribution in [0.5, 0.6) is 0 Å². The van der Waals surface area contributed by atoms with Gasteiger partial charge in [-0.2, -0.15) is 0 Å². The Morgan fingerprint density at radius 2 is 2.00 bits per heavy atom. The van der Waals surface area contributed by atoms with E-state index in [2.05, 4.69) is 20.6 Å². The molecular formula is C17H18N4O2. The van der Waals surface area contributed by atoms with Crippen LogP contribution < -0.4 is 10.6 Å². The number of benzene rings is 1. The SMILES string of the molecule is CC(=O)c1ccc(NC(=O)c2cncnc2C)c(NC2CC2)c1. The molecule has 0 unspecified atom stereocenters. The first-order valence-corrected chi connectivity index (χ1v) is 7.54. The van der Waals surface area contributed by atoms with Crippen LogP contribution in [0.2, 0.25) is 0 Å². The monoisotopic (exact) mass is 310 g/mol. The molecule has 0 saturated heterocycles. The molecular weight excluding hydrogens is 292 g/mol. The van der Waals surface area contributed by atoms with Gasteiger partial charge in [0.05, 0.1) is 22.6 Å². The topological polar surface area (TPSA) is 84.0 Å². The molecule has 0 radical (unpaired) electrons. The molecule has 2 aromatic rings. The summed E-state index contributed by atoms with van der Waals surface area (Å²) in [6, 6.07) is 5.66. The highest BCUT2D eigenvalue weighted by molar-refractivity contribution is 6.07. The lowest BCUT2D eigenvalue weighted by atomic mass is 10.1. The summed E-state index contributed by atoms with van der Waals surface area (Å²) in [5, 5.41) is 6.23. The highest BCUT2D eigenvalue weighted by Crippen LogP contribution is 2.31. The number of rotatable bonds is 5. The molecule has 6 heteroatoms. The molecule has 1 aliphatic rings. The van der Waals surface area contributed by atoms with Crippen LogP contribution in [-0.2, 0) is 0 Å².